The molecule has 2 aliphatic heterocycles. The van der Waals surface area contributed by atoms with Crippen molar-refractivity contribution < 1.29 is 18.7 Å². The van der Waals surface area contributed by atoms with Crippen molar-refractivity contribution in [2.45, 2.75) is 18.9 Å². The number of hydrogen-bond acceptors (Lipinski definition) is 4. The van der Waals surface area contributed by atoms with Crippen molar-refractivity contribution in [1.82, 2.24) is 10.2 Å². The molecule has 0 bridgehead atoms. The number of fused-ring (bicyclic) bond motifs is 1. The molecular formula is C20H21FN2O3. The van der Waals surface area contributed by atoms with Gasteiger partial charge in [0.15, 0.2) is 11.5 Å². The van der Waals surface area contributed by atoms with E-state index in [0.29, 0.717) is 12.1 Å². The highest BCUT2D eigenvalue weighted by atomic mass is 19.1. The molecule has 0 spiro atoms. The van der Waals surface area contributed by atoms with Gasteiger partial charge in [-0.05, 0) is 61.8 Å². The lowest BCUT2D eigenvalue weighted by Crippen LogP contribution is -2.36. The van der Waals surface area contributed by atoms with E-state index in [0.717, 1.165) is 43.0 Å². The second kappa shape index (κ2) is 7.33. The highest BCUT2D eigenvalue weighted by Crippen LogP contribution is 2.36. The van der Waals surface area contributed by atoms with E-state index in [1.807, 2.05) is 18.2 Å². The number of carbonyl (C=O) groups is 1. The molecule has 6 heteroatoms. The predicted octanol–water partition coefficient (Wildman–Crippen LogP) is 3.12. The SMILES string of the molecule is O=C(NC[C@@H](c1ccc2c(c1)OCO2)N1CCCC1)c1cccc(F)c1. The first-order valence-corrected chi connectivity index (χ1v) is 8.88. The normalized spacial score (nSPS) is 17.3. The third kappa shape index (κ3) is 3.51. The molecule has 1 amide bonds. The van der Waals surface area contributed by atoms with Gasteiger partial charge in [0.1, 0.15) is 5.82 Å². The number of nitrogens with zero attached hydrogens (tertiary/aromatic N) is 1. The molecule has 4 rings (SSSR count). The standard InChI is InChI=1S/C20H21FN2O3/c21-16-5-3-4-15(10-16)20(24)22-12-17(23-8-1-2-9-23)14-6-7-18-19(11-14)26-13-25-18/h3-7,10-11,17H,1-2,8-9,12-13H2,(H,22,24)/t17-/m0/s1. The Kier molecular flexibility index (Phi) is 4.75. The van der Waals surface area contributed by atoms with Gasteiger partial charge in [0.25, 0.3) is 5.91 Å². The number of carbonyl (C=O) groups excluding carboxylic acids is 1. The molecule has 0 aromatic heterocycles. The van der Waals surface area contributed by atoms with Gasteiger partial charge < -0.3 is 14.8 Å². The zero-order valence-electron chi connectivity index (χ0n) is 14.4. The van der Waals surface area contributed by atoms with Crippen LogP contribution in [0.5, 0.6) is 11.5 Å². The number of rotatable bonds is 5. The average molecular weight is 356 g/mol. The highest BCUT2D eigenvalue weighted by Gasteiger charge is 2.26. The van der Waals surface area contributed by atoms with Crippen LogP contribution in [0.4, 0.5) is 4.39 Å². The lowest BCUT2D eigenvalue weighted by Gasteiger charge is -2.28. The van der Waals surface area contributed by atoms with Gasteiger partial charge in [-0.15, -0.1) is 0 Å². The van der Waals surface area contributed by atoms with Gasteiger partial charge in [0.05, 0.1) is 6.04 Å². The van der Waals surface area contributed by atoms with Crippen LogP contribution in [0.15, 0.2) is 42.5 Å². The van der Waals surface area contributed by atoms with Crippen LogP contribution < -0.4 is 14.8 Å². The third-order valence-electron chi connectivity index (χ3n) is 4.91. The molecule has 5 nitrogen and oxygen atoms in total. The van der Waals surface area contributed by atoms with Crippen LogP contribution in [-0.4, -0.2) is 37.2 Å². The molecule has 26 heavy (non-hydrogen) atoms. The molecule has 2 aliphatic rings. The Labute approximate surface area is 151 Å². The van der Waals surface area contributed by atoms with Crippen LogP contribution in [-0.2, 0) is 0 Å². The van der Waals surface area contributed by atoms with E-state index < -0.39 is 5.82 Å². The molecule has 0 aliphatic carbocycles. The quantitative estimate of drug-likeness (QED) is 0.894. The minimum atomic E-state index is -0.412. The molecule has 2 aromatic carbocycles. The molecule has 1 saturated heterocycles. The summed E-state index contributed by atoms with van der Waals surface area (Å²) < 4.78 is 24.2. The third-order valence-corrected chi connectivity index (χ3v) is 4.91. The molecule has 1 N–H and O–H groups in total. The van der Waals surface area contributed by atoms with Gasteiger partial charge in [-0.2, -0.15) is 0 Å². The minimum Gasteiger partial charge on any atom is -0.454 e. The summed E-state index contributed by atoms with van der Waals surface area (Å²) in [6, 6.07) is 11.7. The lowest BCUT2D eigenvalue weighted by molar-refractivity contribution is 0.0937. The fourth-order valence-electron chi connectivity index (χ4n) is 3.55. The Morgan fingerprint density at radius 2 is 1.92 bits per heavy atom. The smallest absolute Gasteiger partial charge is 0.251 e. The Hall–Kier alpha value is -2.60. The molecule has 2 aromatic rings. The van der Waals surface area contributed by atoms with Gasteiger partial charge in [-0.1, -0.05) is 12.1 Å². The van der Waals surface area contributed by atoms with Crippen molar-refractivity contribution in [2.75, 3.05) is 26.4 Å². The van der Waals surface area contributed by atoms with Crippen LogP contribution in [0.2, 0.25) is 0 Å². The number of likely N-dealkylation sites (tertiary alicyclic amines) is 1. The van der Waals surface area contributed by atoms with Crippen molar-refractivity contribution >= 4 is 5.91 Å². The second-order valence-corrected chi connectivity index (χ2v) is 6.59. The Balaban J connectivity index is 1.51. The first-order valence-electron chi connectivity index (χ1n) is 8.88. The molecule has 0 saturated carbocycles. The number of halogens is 1. The molecular weight excluding hydrogens is 335 g/mol. The van der Waals surface area contributed by atoms with Crippen LogP contribution in [0.3, 0.4) is 0 Å². The first kappa shape index (κ1) is 16.8. The van der Waals surface area contributed by atoms with Crippen molar-refractivity contribution in [3.05, 3.63) is 59.4 Å². The van der Waals surface area contributed by atoms with E-state index in [9.17, 15) is 9.18 Å². The predicted molar refractivity (Wildman–Crippen MR) is 94.8 cm³/mol. The summed E-state index contributed by atoms with van der Waals surface area (Å²) in [5, 5.41) is 2.95. The monoisotopic (exact) mass is 356 g/mol. The molecule has 2 heterocycles. The molecule has 0 unspecified atom stereocenters. The fraction of sp³-hybridized carbons (Fsp3) is 0.350. The van der Waals surface area contributed by atoms with E-state index >= 15 is 0 Å². The van der Waals surface area contributed by atoms with Crippen LogP contribution in [0, 0.1) is 5.82 Å². The number of nitrogens with one attached hydrogen (secondary N) is 1. The maximum absolute atomic E-state index is 13.4. The number of benzene rings is 2. The van der Waals surface area contributed by atoms with Crippen LogP contribution >= 0.6 is 0 Å². The summed E-state index contributed by atoms with van der Waals surface area (Å²) in [6.45, 7) is 2.68. The van der Waals surface area contributed by atoms with Crippen molar-refractivity contribution in [3.63, 3.8) is 0 Å². The van der Waals surface area contributed by atoms with Crippen molar-refractivity contribution in [2.24, 2.45) is 0 Å². The van der Waals surface area contributed by atoms with E-state index in [1.165, 1.54) is 12.1 Å². The molecule has 1 fully saturated rings. The summed E-state index contributed by atoms with van der Waals surface area (Å²) in [4.78, 5) is 14.8. The molecule has 1 atom stereocenters. The van der Waals surface area contributed by atoms with E-state index in [1.54, 1.807) is 12.1 Å². The summed E-state index contributed by atoms with van der Waals surface area (Å²) >= 11 is 0. The Morgan fingerprint density at radius 1 is 1.12 bits per heavy atom. The largest absolute Gasteiger partial charge is 0.454 e. The molecule has 0 radical (unpaired) electrons. The van der Waals surface area contributed by atoms with Crippen molar-refractivity contribution in [3.8, 4) is 11.5 Å². The zero-order valence-corrected chi connectivity index (χ0v) is 14.4. The number of ether oxygens (including phenoxy) is 2. The Morgan fingerprint density at radius 3 is 2.73 bits per heavy atom. The summed E-state index contributed by atoms with van der Waals surface area (Å²) in [7, 11) is 0. The summed E-state index contributed by atoms with van der Waals surface area (Å²) in [6.07, 6.45) is 2.30. The van der Waals surface area contributed by atoms with Crippen LogP contribution in [0.25, 0.3) is 0 Å². The highest BCUT2D eigenvalue weighted by molar-refractivity contribution is 5.94. The first-order chi connectivity index (χ1) is 12.7. The van der Waals surface area contributed by atoms with Gasteiger partial charge in [-0.25, -0.2) is 4.39 Å². The summed E-state index contributed by atoms with van der Waals surface area (Å²) in [5.41, 5.74) is 1.41. The van der Waals surface area contributed by atoms with Gasteiger partial charge in [0, 0.05) is 12.1 Å². The topological polar surface area (TPSA) is 50.8 Å². The number of hydrogen-bond donors (Lipinski definition) is 1. The lowest BCUT2D eigenvalue weighted by atomic mass is 10.0. The van der Waals surface area contributed by atoms with E-state index in [-0.39, 0.29) is 18.7 Å². The van der Waals surface area contributed by atoms with Gasteiger partial charge >= 0.3 is 0 Å². The maximum Gasteiger partial charge on any atom is 0.251 e. The van der Waals surface area contributed by atoms with Crippen LogP contribution in [0.1, 0.15) is 34.8 Å². The maximum atomic E-state index is 13.4. The minimum absolute atomic E-state index is 0.0458. The number of amides is 1. The average Bonchev–Trinajstić information content (AvgIpc) is 3.33. The van der Waals surface area contributed by atoms with E-state index in [2.05, 4.69) is 10.2 Å². The van der Waals surface area contributed by atoms with E-state index in [4.69, 9.17) is 9.47 Å². The van der Waals surface area contributed by atoms with Gasteiger partial charge in [0.2, 0.25) is 6.79 Å². The second-order valence-electron chi connectivity index (χ2n) is 6.59. The Bertz CT molecular complexity index is 805. The molecule has 136 valence electrons. The van der Waals surface area contributed by atoms with Gasteiger partial charge in [-0.3, -0.25) is 9.69 Å². The fourth-order valence-corrected chi connectivity index (χ4v) is 3.55. The van der Waals surface area contributed by atoms with Crippen molar-refractivity contribution in [1.29, 1.82) is 0 Å². The summed E-state index contributed by atoms with van der Waals surface area (Å²) in [5.74, 6) is 0.805. The zero-order chi connectivity index (χ0) is 17.9.